The molecule has 0 radical (unpaired) electrons. The number of benzene rings is 5. The Balaban J connectivity index is 1.58. The van der Waals surface area contributed by atoms with E-state index in [1.807, 2.05) is 91.0 Å². The maximum Gasteiger partial charge on any atom is 0.171 e. The van der Waals surface area contributed by atoms with Crippen molar-refractivity contribution in [3.63, 3.8) is 0 Å². The van der Waals surface area contributed by atoms with E-state index in [2.05, 4.69) is 36.4 Å². The molecule has 3 heteroatoms. The smallest absolute Gasteiger partial charge is 0.171 e. The van der Waals surface area contributed by atoms with Gasteiger partial charge in [0.1, 0.15) is 11.2 Å². The van der Waals surface area contributed by atoms with Gasteiger partial charge in [0.05, 0.1) is 0 Å². The van der Waals surface area contributed by atoms with Crippen LogP contribution in [-0.4, -0.2) is 0 Å². The second kappa shape index (κ2) is 7.92. The third-order valence-electron chi connectivity index (χ3n) is 6.16. The van der Waals surface area contributed by atoms with Gasteiger partial charge in [-0.2, -0.15) is 0 Å². The van der Waals surface area contributed by atoms with E-state index in [-0.39, 0.29) is 0 Å². The summed E-state index contributed by atoms with van der Waals surface area (Å²) < 4.78 is 21.0. The Morgan fingerprint density at radius 3 is 1.82 bits per heavy atom. The van der Waals surface area contributed by atoms with Crippen molar-refractivity contribution >= 4 is 45.0 Å². The summed E-state index contributed by atoms with van der Waals surface area (Å²) in [7, 11) is -3.04. The zero-order valence-corrected chi connectivity index (χ0v) is 18.8. The van der Waals surface area contributed by atoms with Crippen molar-refractivity contribution in [2.24, 2.45) is 0 Å². The molecule has 6 rings (SSSR count). The van der Waals surface area contributed by atoms with Gasteiger partial charge in [0.2, 0.25) is 0 Å². The van der Waals surface area contributed by atoms with E-state index in [1.165, 1.54) is 0 Å². The van der Waals surface area contributed by atoms with Crippen LogP contribution in [0.25, 0.3) is 33.1 Å². The molecule has 33 heavy (non-hydrogen) atoms. The van der Waals surface area contributed by atoms with Crippen molar-refractivity contribution in [2.75, 3.05) is 0 Å². The lowest BCUT2D eigenvalue weighted by molar-refractivity contribution is 0.592. The minimum atomic E-state index is -3.04. The average molecular weight is 444 g/mol. The van der Waals surface area contributed by atoms with E-state index in [4.69, 9.17) is 4.42 Å². The molecule has 2 nitrogen and oxygen atoms in total. The first kappa shape index (κ1) is 19.8. The fourth-order valence-electron chi connectivity index (χ4n) is 4.57. The summed E-state index contributed by atoms with van der Waals surface area (Å²) in [5.41, 5.74) is 3.71. The molecule has 158 valence electrons. The highest BCUT2D eigenvalue weighted by atomic mass is 31.2. The van der Waals surface area contributed by atoms with Crippen LogP contribution in [0.15, 0.2) is 132 Å². The van der Waals surface area contributed by atoms with Gasteiger partial charge in [0.15, 0.2) is 7.14 Å². The Kier molecular flexibility index (Phi) is 4.75. The van der Waals surface area contributed by atoms with E-state index in [0.29, 0.717) is 0 Å². The molecule has 0 amide bonds. The molecule has 0 atom stereocenters. The van der Waals surface area contributed by atoms with Crippen LogP contribution < -0.4 is 15.9 Å². The third kappa shape index (κ3) is 3.23. The molecule has 0 aliphatic rings. The predicted octanol–water partition coefficient (Wildman–Crippen LogP) is 6.89. The van der Waals surface area contributed by atoms with E-state index in [9.17, 15) is 4.57 Å². The van der Waals surface area contributed by atoms with Crippen LogP contribution in [0.5, 0.6) is 0 Å². The summed E-state index contributed by atoms with van der Waals surface area (Å²) >= 11 is 0. The highest BCUT2D eigenvalue weighted by molar-refractivity contribution is 7.85. The molecule has 0 bridgehead atoms. The van der Waals surface area contributed by atoms with Crippen LogP contribution in [0.2, 0.25) is 0 Å². The second-order valence-electron chi connectivity index (χ2n) is 8.11. The summed E-state index contributed by atoms with van der Waals surface area (Å²) in [4.78, 5) is 0. The molecule has 0 N–H and O–H groups in total. The molecule has 1 aromatic heterocycles. The first-order valence-electron chi connectivity index (χ1n) is 11.0. The molecule has 0 fully saturated rings. The molecule has 6 aromatic rings. The van der Waals surface area contributed by atoms with Gasteiger partial charge in [-0.05, 0) is 17.7 Å². The van der Waals surface area contributed by atoms with Crippen molar-refractivity contribution < 1.29 is 8.98 Å². The minimum absolute atomic E-state index is 0.811. The average Bonchev–Trinajstić information content (AvgIpc) is 3.28. The molecule has 0 aliphatic heterocycles. The number of para-hydroxylation sites is 2. The lowest BCUT2D eigenvalue weighted by Crippen LogP contribution is -2.25. The zero-order valence-electron chi connectivity index (χ0n) is 17.9. The molecule has 0 aliphatic carbocycles. The number of hydrogen-bond donors (Lipinski definition) is 0. The van der Waals surface area contributed by atoms with Crippen molar-refractivity contribution in [2.45, 2.75) is 0 Å². The Bertz CT molecular complexity index is 1590. The Labute approximate surface area is 192 Å². The van der Waals surface area contributed by atoms with Crippen LogP contribution in [0.1, 0.15) is 0 Å². The van der Waals surface area contributed by atoms with Gasteiger partial charge in [-0.25, -0.2) is 0 Å². The van der Waals surface area contributed by atoms with Crippen molar-refractivity contribution in [3.05, 3.63) is 127 Å². The number of hydrogen-bond acceptors (Lipinski definition) is 2. The van der Waals surface area contributed by atoms with Gasteiger partial charge in [0, 0.05) is 32.2 Å². The molecular formula is C30H21O2P. The standard InChI is InChI=1S/C30H21O2P/c31-33(23-12-3-1-4-13-23,24-14-5-2-6-15-24)25-16-9-11-22(21-25)26-18-10-19-28-27-17-7-8-20-29(27)32-30(26)28/h1-21H. The van der Waals surface area contributed by atoms with Gasteiger partial charge in [-0.3, -0.25) is 0 Å². The van der Waals surface area contributed by atoms with E-state index in [1.54, 1.807) is 0 Å². The molecular weight excluding hydrogens is 423 g/mol. The summed E-state index contributed by atoms with van der Waals surface area (Å²) in [6.07, 6.45) is 0. The third-order valence-corrected chi connectivity index (χ3v) is 9.22. The Morgan fingerprint density at radius 2 is 1.09 bits per heavy atom. The number of fused-ring (bicyclic) bond motifs is 3. The molecule has 0 spiro atoms. The topological polar surface area (TPSA) is 30.2 Å². The molecule has 0 saturated heterocycles. The maximum atomic E-state index is 14.8. The highest BCUT2D eigenvalue weighted by Crippen LogP contribution is 2.43. The number of furan rings is 1. The summed E-state index contributed by atoms with van der Waals surface area (Å²) in [6, 6.07) is 41.9. The second-order valence-corrected chi connectivity index (χ2v) is 10.9. The lowest BCUT2D eigenvalue weighted by atomic mass is 10.0. The number of rotatable bonds is 4. The van der Waals surface area contributed by atoms with Crippen LogP contribution in [0.3, 0.4) is 0 Å². The summed E-state index contributed by atoms with van der Waals surface area (Å²) in [6.45, 7) is 0. The van der Waals surface area contributed by atoms with Crippen LogP contribution >= 0.6 is 7.14 Å². The van der Waals surface area contributed by atoms with Gasteiger partial charge in [-0.15, -0.1) is 0 Å². The summed E-state index contributed by atoms with van der Waals surface area (Å²) in [5, 5.41) is 4.66. The van der Waals surface area contributed by atoms with Crippen molar-refractivity contribution in [3.8, 4) is 11.1 Å². The first-order chi connectivity index (χ1) is 16.2. The Morgan fingerprint density at radius 1 is 0.515 bits per heavy atom. The maximum absolute atomic E-state index is 14.8. The van der Waals surface area contributed by atoms with Gasteiger partial charge >= 0.3 is 0 Å². The van der Waals surface area contributed by atoms with E-state index in [0.717, 1.165) is 49.0 Å². The van der Waals surface area contributed by atoms with Gasteiger partial charge in [0.25, 0.3) is 0 Å². The fourth-order valence-corrected chi connectivity index (χ4v) is 7.26. The van der Waals surface area contributed by atoms with E-state index >= 15 is 0 Å². The Hall–Kier alpha value is -3.87. The van der Waals surface area contributed by atoms with E-state index < -0.39 is 7.14 Å². The molecule has 0 saturated carbocycles. The molecule has 1 heterocycles. The first-order valence-corrected chi connectivity index (χ1v) is 12.7. The van der Waals surface area contributed by atoms with Crippen molar-refractivity contribution in [1.82, 2.24) is 0 Å². The monoisotopic (exact) mass is 444 g/mol. The quantitative estimate of drug-likeness (QED) is 0.277. The summed E-state index contributed by atoms with van der Waals surface area (Å²) in [5.74, 6) is 0. The zero-order chi connectivity index (χ0) is 22.3. The van der Waals surface area contributed by atoms with Gasteiger partial charge < -0.3 is 8.98 Å². The predicted molar refractivity (Wildman–Crippen MR) is 139 cm³/mol. The van der Waals surface area contributed by atoms with Crippen LogP contribution in [0, 0.1) is 0 Å². The largest absolute Gasteiger partial charge is 0.455 e. The molecule has 5 aromatic carbocycles. The van der Waals surface area contributed by atoms with Crippen molar-refractivity contribution in [1.29, 1.82) is 0 Å². The fraction of sp³-hybridized carbons (Fsp3) is 0. The minimum Gasteiger partial charge on any atom is -0.455 e. The SMILES string of the molecule is O=P(c1ccccc1)(c1ccccc1)c1cccc(-c2cccc3c2oc2ccccc23)c1. The highest BCUT2D eigenvalue weighted by Gasteiger charge is 2.29. The van der Waals surface area contributed by atoms with Gasteiger partial charge in [-0.1, -0.05) is 115 Å². The lowest BCUT2D eigenvalue weighted by Gasteiger charge is -2.20. The van der Waals surface area contributed by atoms with Crippen LogP contribution in [0.4, 0.5) is 0 Å². The molecule has 0 unspecified atom stereocenters. The normalized spacial score (nSPS) is 11.8. The van der Waals surface area contributed by atoms with Crippen LogP contribution in [-0.2, 0) is 4.57 Å².